The summed E-state index contributed by atoms with van der Waals surface area (Å²) in [7, 11) is 0. The first-order valence-electron chi connectivity index (χ1n) is 8.96. The van der Waals surface area contributed by atoms with Crippen molar-refractivity contribution in [1.82, 2.24) is 13.9 Å². The molecule has 1 unspecified atom stereocenters. The first kappa shape index (κ1) is 18.4. The van der Waals surface area contributed by atoms with Gasteiger partial charge < -0.3 is 14.4 Å². The highest BCUT2D eigenvalue weighted by Crippen LogP contribution is 2.35. The van der Waals surface area contributed by atoms with Gasteiger partial charge in [-0.05, 0) is 43.3 Å². The molecule has 1 saturated heterocycles. The maximum atomic E-state index is 11.2. The maximum Gasteiger partial charge on any atom is 0.313 e. The van der Waals surface area contributed by atoms with Crippen molar-refractivity contribution in [3.8, 4) is 11.4 Å². The second-order valence-corrected chi connectivity index (χ2v) is 8.09. The number of halogens is 1. The molecule has 0 amide bonds. The Balaban J connectivity index is 1.75. The number of carboxylic acids is 1. The molecule has 2 aromatic heterocycles. The van der Waals surface area contributed by atoms with Crippen LogP contribution in [0, 0.1) is 5.92 Å². The van der Waals surface area contributed by atoms with Crippen LogP contribution in [0.4, 0.5) is 0 Å². The van der Waals surface area contributed by atoms with E-state index >= 15 is 0 Å². The van der Waals surface area contributed by atoms with Crippen LogP contribution in [0.1, 0.15) is 30.7 Å². The minimum Gasteiger partial charge on any atom is -0.481 e. The number of para-hydroxylation sites is 1. The molecular weight excluding hydrogens is 386 g/mol. The third-order valence-corrected chi connectivity index (χ3v) is 6.27. The van der Waals surface area contributed by atoms with Crippen LogP contribution in [-0.2, 0) is 16.1 Å². The van der Waals surface area contributed by atoms with Gasteiger partial charge in [-0.2, -0.15) is 4.37 Å². The molecule has 1 aliphatic heterocycles. The van der Waals surface area contributed by atoms with Gasteiger partial charge in [-0.15, -0.1) is 0 Å². The third-order valence-electron chi connectivity index (χ3n) is 5.07. The quantitative estimate of drug-likeness (QED) is 0.679. The lowest BCUT2D eigenvalue weighted by molar-refractivity contribution is -0.138. The lowest BCUT2D eigenvalue weighted by Gasteiger charge is -2.23. The third kappa shape index (κ3) is 3.59. The fourth-order valence-electron chi connectivity index (χ4n) is 3.47. The molecule has 0 saturated carbocycles. The summed E-state index contributed by atoms with van der Waals surface area (Å²) in [6.07, 6.45) is 4.12. The first-order valence-corrected chi connectivity index (χ1v) is 10.1. The summed E-state index contributed by atoms with van der Waals surface area (Å²) in [6, 6.07) is 5.82. The van der Waals surface area contributed by atoms with Gasteiger partial charge >= 0.3 is 5.97 Å². The lowest BCUT2D eigenvalue weighted by Crippen LogP contribution is -2.20. The van der Waals surface area contributed by atoms with Crippen molar-refractivity contribution in [2.75, 3.05) is 13.2 Å². The second kappa shape index (κ2) is 7.58. The van der Waals surface area contributed by atoms with Gasteiger partial charge in [-0.3, -0.25) is 4.79 Å². The van der Waals surface area contributed by atoms with E-state index in [2.05, 4.69) is 13.9 Å². The van der Waals surface area contributed by atoms with Crippen molar-refractivity contribution in [1.29, 1.82) is 0 Å². The Labute approximate surface area is 165 Å². The second-order valence-electron chi connectivity index (χ2n) is 6.90. The van der Waals surface area contributed by atoms with Gasteiger partial charge in [0.1, 0.15) is 10.9 Å². The van der Waals surface area contributed by atoms with Gasteiger partial charge in [-0.25, -0.2) is 4.98 Å². The van der Waals surface area contributed by atoms with Crippen LogP contribution in [0.2, 0.25) is 5.02 Å². The fourth-order valence-corrected chi connectivity index (χ4v) is 4.46. The van der Waals surface area contributed by atoms with Crippen LogP contribution in [0.15, 0.2) is 24.4 Å². The molecule has 1 N–H and O–H groups in total. The number of rotatable bonds is 5. The number of fused-ring (bicyclic) bond motifs is 1. The van der Waals surface area contributed by atoms with E-state index in [9.17, 15) is 9.90 Å². The monoisotopic (exact) mass is 405 g/mol. The predicted molar refractivity (Wildman–Crippen MR) is 105 cm³/mol. The molecule has 1 aliphatic rings. The minimum absolute atomic E-state index is 0.504. The number of carbonyl (C=O) groups is 1. The zero-order valence-corrected chi connectivity index (χ0v) is 16.5. The summed E-state index contributed by atoms with van der Waals surface area (Å²) in [5.74, 6) is -0.469. The highest BCUT2D eigenvalue weighted by Gasteiger charge is 2.23. The number of aromatic nitrogens is 3. The average Bonchev–Trinajstić information content (AvgIpc) is 3.28. The molecule has 0 spiro atoms. The van der Waals surface area contributed by atoms with Gasteiger partial charge in [0.05, 0.1) is 10.5 Å². The van der Waals surface area contributed by atoms with Crippen molar-refractivity contribution in [3.63, 3.8) is 0 Å². The molecular formula is C19H20ClN3O3S. The Morgan fingerprint density at radius 2 is 2.22 bits per heavy atom. The number of hydrogen-bond donors (Lipinski definition) is 1. The molecule has 6 nitrogen and oxygen atoms in total. The number of benzene rings is 1. The van der Waals surface area contributed by atoms with Gasteiger partial charge in [0.15, 0.2) is 5.82 Å². The van der Waals surface area contributed by atoms with Crippen LogP contribution in [-0.4, -0.2) is 38.2 Å². The Kier molecular flexibility index (Phi) is 5.16. The number of aliphatic carboxylic acids is 1. The molecule has 1 atom stereocenters. The summed E-state index contributed by atoms with van der Waals surface area (Å²) in [5.41, 5.74) is 1.86. The van der Waals surface area contributed by atoms with E-state index in [0.29, 0.717) is 21.8 Å². The fraction of sp³-hybridized carbons (Fsp3) is 0.421. The standard InChI is InChI=1S/C19H20ClN3O3S/c1-11(19(24)25)18-21-17(22-27-18)14-10-23(9-12-5-7-26-8-6-12)16-13(14)3-2-4-15(16)20/h2-4,10-12H,5-9H2,1H3,(H,24,25). The molecule has 3 heterocycles. The summed E-state index contributed by atoms with van der Waals surface area (Å²) >= 11 is 7.65. The van der Waals surface area contributed by atoms with E-state index in [0.717, 1.165) is 60.6 Å². The SMILES string of the molecule is CC(C(=O)O)c1nc(-c2cn(CC3CCOCC3)c3c(Cl)cccc23)ns1. The maximum absolute atomic E-state index is 11.2. The highest BCUT2D eigenvalue weighted by atomic mass is 35.5. The molecule has 1 fully saturated rings. The number of hydrogen-bond acceptors (Lipinski definition) is 5. The van der Waals surface area contributed by atoms with Crippen LogP contribution in [0.25, 0.3) is 22.3 Å². The molecule has 0 aliphatic carbocycles. The van der Waals surface area contributed by atoms with Gasteiger partial charge in [-0.1, -0.05) is 23.7 Å². The molecule has 8 heteroatoms. The molecule has 142 valence electrons. The number of ether oxygens (including phenoxy) is 1. The Bertz CT molecular complexity index is 978. The molecule has 4 rings (SSSR count). The average molecular weight is 406 g/mol. The van der Waals surface area contributed by atoms with E-state index in [1.807, 2.05) is 24.4 Å². The highest BCUT2D eigenvalue weighted by molar-refractivity contribution is 7.05. The van der Waals surface area contributed by atoms with E-state index in [1.54, 1.807) is 6.92 Å². The van der Waals surface area contributed by atoms with Crippen molar-refractivity contribution in [2.24, 2.45) is 5.92 Å². The smallest absolute Gasteiger partial charge is 0.313 e. The van der Waals surface area contributed by atoms with Crippen LogP contribution < -0.4 is 0 Å². The molecule has 3 aromatic rings. The number of nitrogens with zero attached hydrogens (tertiary/aromatic N) is 3. The van der Waals surface area contributed by atoms with E-state index in [1.165, 1.54) is 0 Å². The molecule has 0 bridgehead atoms. The normalized spacial score (nSPS) is 16.7. The Hall–Kier alpha value is -1.96. The summed E-state index contributed by atoms with van der Waals surface area (Å²) in [6.45, 7) is 4.09. The van der Waals surface area contributed by atoms with E-state index in [-0.39, 0.29) is 0 Å². The zero-order chi connectivity index (χ0) is 19.0. The summed E-state index contributed by atoms with van der Waals surface area (Å²) in [5, 5.41) is 11.4. The molecule has 0 radical (unpaired) electrons. The van der Waals surface area contributed by atoms with Gasteiger partial charge in [0.2, 0.25) is 0 Å². The van der Waals surface area contributed by atoms with E-state index in [4.69, 9.17) is 16.3 Å². The van der Waals surface area contributed by atoms with Gasteiger partial charge in [0.25, 0.3) is 0 Å². The van der Waals surface area contributed by atoms with Gasteiger partial charge in [0, 0.05) is 36.9 Å². The lowest BCUT2D eigenvalue weighted by atomic mass is 10.0. The molecule has 1 aromatic carbocycles. The topological polar surface area (TPSA) is 77.2 Å². The largest absolute Gasteiger partial charge is 0.481 e. The zero-order valence-electron chi connectivity index (χ0n) is 14.9. The van der Waals surface area contributed by atoms with Crippen LogP contribution >= 0.6 is 23.1 Å². The first-order chi connectivity index (χ1) is 13.0. The van der Waals surface area contributed by atoms with Crippen molar-refractivity contribution in [2.45, 2.75) is 32.2 Å². The van der Waals surface area contributed by atoms with Crippen molar-refractivity contribution >= 4 is 40.0 Å². The van der Waals surface area contributed by atoms with Crippen molar-refractivity contribution in [3.05, 3.63) is 34.4 Å². The van der Waals surface area contributed by atoms with E-state index < -0.39 is 11.9 Å². The minimum atomic E-state index is -0.900. The Morgan fingerprint density at radius 1 is 1.44 bits per heavy atom. The predicted octanol–water partition coefficient (Wildman–Crippen LogP) is 4.43. The number of carboxylic acid groups (broad SMARTS) is 1. The summed E-state index contributed by atoms with van der Waals surface area (Å²) in [4.78, 5) is 15.7. The van der Waals surface area contributed by atoms with Crippen LogP contribution in [0.5, 0.6) is 0 Å². The van der Waals surface area contributed by atoms with Crippen LogP contribution in [0.3, 0.4) is 0 Å². The van der Waals surface area contributed by atoms with Crippen molar-refractivity contribution < 1.29 is 14.6 Å². The Morgan fingerprint density at radius 3 is 2.96 bits per heavy atom. The summed E-state index contributed by atoms with van der Waals surface area (Å²) < 4.78 is 12.1. The molecule has 27 heavy (non-hydrogen) atoms.